The Hall–Kier alpha value is -3.93. The van der Waals surface area contributed by atoms with Crippen LogP contribution in [0.25, 0.3) is 0 Å². The van der Waals surface area contributed by atoms with Crippen molar-refractivity contribution in [3.8, 4) is 0 Å². The third-order valence-corrected chi connectivity index (χ3v) is 14.3. The zero-order chi connectivity index (χ0) is 57.1. The normalized spacial score (nSPS) is 12.8. The summed E-state index contributed by atoms with van der Waals surface area (Å²) in [5, 5.41) is 0. The van der Waals surface area contributed by atoms with E-state index in [1.54, 1.807) is 0 Å². The van der Waals surface area contributed by atoms with Crippen molar-refractivity contribution in [2.75, 3.05) is 13.2 Å². The van der Waals surface area contributed by atoms with Crippen LogP contribution in [0.1, 0.15) is 316 Å². The quantitative estimate of drug-likeness (QED) is 0.0261. The van der Waals surface area contributed by atoms with Crippen LogP contribution in [-0.2, 0) is 28.6 Å². The third kappa shape index (κ3) is 64.8. The molecule has 0 aliphatic rings. The van der Waals surface area contributed by atoms with E-state index < -0.39 is 6.10 Å². The first-order valence-corrected chi connectivity index (χ1v) is 33.4. The van der Waals surface area contributed by atoms with Gasteiger partial charge in [-0.25, -0.2) is 0 Å². The molecule has 0 fully saturated rings. The summed E-state index contributed by atoms with van der Waals surface area (Å²) in [5.41, 5.74) is 0. The molecule has 0 saturated heterocycles. The van der Waals surface area contributed by atoms with Gasteiger partial charge in [0.25, 0.3) is 0 Å². The van der Waals surface area contributed by atoms with E-state index in [1.807, 2.05) is 0 Å². The third-order valence-electron chi connectivity index (χ3n) is 14.3. The van der Waals surface area contributed by atoms with Crippen molar-refractivity contribution in [1.29, 1.82) is 0 Å². The van der Waals surface area contributed by atoms with E-state index in [1.165, 1.54) is 154 Å². The molecule has 0 saturated carbocycles. The van der Waals surface area contributed by atoms with Gasteiger partial charge in [0.2, 0.25) is 0 Å². The van der Waals surface area contributed by atoms with Crippen molar-refractivity contribution < 1.29 is 28.6 Å². The molecule has 0 N–H and O–H groups in total. The van der Waals surface area contributed by atoms with Gasteiger partial charge in [-0.15, -0.1) is 0 Å². The lowest BCUT2D eigenvalue weighted by atomic mass is 10.0. The first-order valence-electron chi connectivity index (χ1n) is 33.4. The van der Waals surface area contributed by atoms with Crippen LogP contribution in [-0.4, -0.2) is 37.2 Å². The number of rotatable bonds is 60. The van der Waals surface area contributed by atoms with E-state index >= 15 is 0 Å². The Morgan fingerprint density at radius 3 is 0.772 bits per heavy atom. The summed E-state index contributed by atoms with van der Waals surface area (Å²) >= 11 is 0. The molecule has 0 aromatic rings. The second-order valence-electron chi connectivity index (χ2n) is 22.0. The van der Waals surface area contributed by atoms with Crippen molar-refractivity contribution in [2.24, 2.45) is 0 Å². The van der Waals surface area contributed by atoms with E-state index in [9.17, 15) is 14.4 Å². The Balaban J connectivity index is 4.27. The molecular weight excluding hydrogens is 973 g/mol. The molecule has 79 heavy (non-hydrogen) atoms. The molecule has 452 valence electrons. The number of esters is 3. The zero-order valence-corrected chi connectivity index (χ0v) is 51.9. The minimum Gasteiger partial charge on any atom is -0.462 e. The van der Waals surface area contributed by atoms with E-state index in [0.29, 0.717) is 19.3 Å². The molecule has 0 bridgehead atoms. The summed E-state index contributed by atoms with van der Waals surface area (Å²) < 4.78 is 16.9. The monoisotopic (exact) mass is 1100 g/mol. The van der Waals surface area contributed by atoms with Crippen LogP contribution < -0.4 is 0 Å². The number of carbonyl (C=O) groups excluding carboxylic acids is 3. The van der Waals surface area contributed by atoms with Gasteiger partial charge in [0.15, 0.2) is 6.10 Å². The maximum Gasteiger partial charge on any atom is 0.306 e. The van der Waals surface area contributed by atoms with Crippen LogP contribution in [0.5, 0.6) is 0 Å². The first kappa shape index (κ1) is 75.1. The molecule has 0 rings (SSSR count). The van der Waals surface area contributed by atoms with Gasteiger partial charge >= 0.3 is 17.9 Å². The van der Waals surface area contributed by atoms with Gasteiger partial charge in [-0.1, -0.05) is 316 Å². The van der Waals surface area contributed by atoms with Crippen molar-refractivity contribution in [1.82, 2.24) is 0 Å². The molecule has 6 heteroatoms. The van der Waals surface area contributed by atoms with E-state index in [2.05, 4.69) is 130 Å². The van der Waals surface area contributed by atoms with Crippen LogP contribution in [0.15, 0.2) is 109 Å². The van der Waals surface area contributed by atoms with Crippen LogP contribution in [0.2, 0.25) is 0 Å². The minimum absolute atomic E-state index is 0.0854. The summed E-state index contributed by atoms with van der Waals surface area (Å²) in [6, 6.07) is 0. The standard InChI is InChI=1S/C73H124O6/c1-4-7-10-13-16-19-21-23-25-27-29-31-32-33-34-35-36-37-38-39-40-42-43-45-47-49-51-54-57-60-63-66-72(75)78-69-70(68-77-71(74)65-62-59-56-53-18-15-12-9-6-3)79-73(76)67-64-61-58-55-52-50-48-46-44-41-30-28-26-24-22-20-17-14-11-8-5-2/h7,10,16,19,23,25,29,31,33-34,36-37,39-40,43,45,49,51,70H,4-6,8-9,11-15,17-18,20-22,24,26-28,30,32,35,38,41-42,44,46-48,50,52-69H2,1-3H3/b10-7-,19-16-,25-23-,31-29-,34-33-,37-36-,40-39-,45-43-,51-49-. The van der Waals surface area contributed by atoms with Gasteiger partial charge in [-0.2, -0.15) is 0 Å². The maximum absolute atomic E-state index is 12.9. The molecule has 1 unspecified atom stereocenters. The molecule has 0 radical (unpaired) electrons. The van der Waals surface area contributed by atoms with Crippen molar-refractivity contribution in [3.63, 3.8) is 0 Å². The highest BCUT2D eigenvalue weighted by Gasteiger charge is 2.19. The lowest BCUT2D eigenvalue weighted by Gasteiger charge is -2.18. The highest BCUT2D eigenvalue weighted by atomic mass is 16.6. The molecule has 0 aliphatic heterocycles. The Morgan fingerprint density at radius 2 is 0.494 bits per heavy atom. The molecule has 1 atom stereocenters. The fourth-order valence-corrected chi connectivity index (χ4v) is 9.32. The molecule has 0 amide bonds. The smallest absolute Gasteiger partial charge is 0.306 e. The average Bonchev–Trinajstić information content (AvgIpc) is 3.45. The highest BCUT2D eigenvalue weighted by molar-refractivity contribution is 5.71. The van der Waals surface area contributed by atoms with Gasteiger partial charge in [0.05, 0.1) is 0 Å². The summed E-state index contributed by atoms with van der Waals surface area (Å²) in [6.45, 7) is 6.51. The predicted molar refractivity (Wildman–Crippen MR) is 343 cm³/mol. The van der Waals surface area contributed by atoms with Gasteiger partial charge < -0.3 is 14.2 Å². The number of carbonyl (C=O) groups is 3. The number of hydrogen-bond donors (Lipinski definition) is 0. The van der Waals surface area contributed by atoms with E-state index in [0.717, 1.165) is 122 Å². The van der Waals surface area contributed by atoms with Gasteiger partial charge in [-0.05, 0) is 89.9 Å². The Bertz CT molecular complexity index is 1590. The number of hydrogen-bond acceptors (Lipinski definition) is 6. The lowest BCUT2D eigenvalue weighted by molar-refractivity contribution is -0.167. The van der Waals surface area contributed by atoms with Crippen LogP contribution in [0, 0.1) is 0 Å². The second-order valence-corrected chi connectivity index (χ2v) is 22.0. The van der Waals surface area contributed by atoms with Gasteiger partial charge in [0, 0.05) is 19.3 Å². The molecule has 0 spiro atoms. The van der Waals surface area contributed by atoms with Gasteiger partial charge in [-0.3, -0.25) is 14.4 Å². The summed E-state index contributed by atoms with van der Waals surface area (Å²) in [5.74, 6) is -0.911. The SMILES string of the molecule is CC/C=C\C/C=C\C/C=C\C/C=C\C/C=C\C/C=C\C/C=C\C/C=C\C/C=C\CCCCCC(=O)OCC(COC(=O)CCCCCCCCCCC)OC(=O)CCCCCCCCCCCCCCCCCCCCCCC. The van der Waals surface area contributed by atoms with Gasteiger partial charge in [0.1, 0.15) is 13.2 Å². The minimum atomic E-state index is -0.790. The molecular formula is C73H124O6. The summed E-state index contributed by atoms with van der Waals surface area (Å²) in [7, 11) is 0. The maximum atomic E-state index is 12.9. The van der Waals surface area contributed by atoms with Crippen LogP contribution >= 0.6 is 0 Å². The fourth-order valence-electron chi connectivity index (χ4n) is 9.32. The molecule has 0 aromatic carbocycles. The fraction of sp³-hybridized carbons (Fsp3) is 0.712. The highest BCUT2D eigenvalue weighted by Crippen LogP contribution is 2.17. The number of unbranched alkanes of at least 4 members (excludes halogenated alkanes) is 31. The zero-order valence-electron chi connectivity index (χ0n) is 51.9. The van der Waals surface area contributed by atoms with Crippen molar-refractivity contribution in [3.05, 3.63) is 109 Å². The Kier molecular flexibility index (Phi) is 63.3. The molecule has 0 heterocycles. The predicted octanol–water partition coefficient (Wildman–Crippen LogP) is 23.0. The Morgan fingerprint density at radius 1 is 0.266 bits per heavy atom. The Labute approximate surface area is 489 Å². The van der Waals surface area contributed by atoms with Crippen LogP contribution in [0.4, 0.5) is 0 Å². The second kappa shape index (κ2) is 66.6. The average molecular weight is 1100 g/mol. The number of ether oxygens (including phenoxy) is 3. The lowest BCUT2D eigenvalue weighted by Crippen LogP contribution is -2.30. The largest absolute Gasteiger partial charge is 0.462 e. The van der Waals surface area contributed by atoms with Crippen molar-refractivity contribution >= 4 is 17.9 Å². The topological polar surface area (TPSA) is 78.9 Å². The molecule has 0 aromatic heterocycles. The summed E-state index contributed by atoms with van der Waals surface area (Å²) in [6.07, 6.45) is 91.2. The molecule has 0 aliphatic carbocycles. The first-order chi connectivity index (χ1) is 39.0. The van der Waals surface area contributed by atoms with E-state index in [4.69, 9.17) is 14.2 Å². The van der Waals surface area contributed by atoms with Crippen molar-refractivity contribution in [2.45, 2.75) is 322 Å². The number of allylic oxidation sites excluding steroid dienone is 18. The summed E-state index contributed by atoms with van der Waals surface area (Å²) in [4.78, 5) is 38.2. The van der Waals surface area contributed by atoms with Crippen LogP contribution in [0.3, 0.4) is 0 Å². The van der Waals surface area contributed by atoms with E-state index in [-0.39, 0.29) is 31.1 Å². The molecule has 6 nitrogen and oxygen atoms in total.